The molecule has 0 saturated carbocycles. The van der Waals surface area contributed by atoms with Gasteiger partial charge in [0.1, 0.15) is 0 Å². The predicted octanol–water partition coefficient (Wildman–Crippen LogP) is 2.04. The van der Waals surface area contributed by atoms with Gasteiger partial charge in [0.05, 0.1) is 0 Å². The van der Waals surface area contributed by atoms with Crippen molar-refractivity contribution in [3.05, 3.63) is 34.9 Å². The van der Waals surface area contributed by atoms with Gasteiger partial charge in [0.25, 0.3) is 0 Å². The summed E-state index contributed by atoms with van der Waals surface area (Å²) in [5.74, 6) is 0.161. The van der Waals surface area contributed by atoms with Gasteiger partial charge in [-0.3, -0.25) is 0 Å². The molecule has 0 radical (unpaired) electrons. The second kappa shape index (κ2) is 4.02. The first-order chi connectivity index (χ1) is 5.94. The van der Waals surface area contributed by atoms with Crippen LogP contribution in [0.2, 0.25) is 5.02 Å². The van der Waals surface area contributed by atoms with Gasteiger partial charge in [-0.25, -0.2) is 0 Å². The van der Waals surface area contributed by atoms with Gasteiger partial charge in [0, 0.05) is 0 Å². The maximum atomic E-state index is 10.1. The SMILES string of the molecule is CC(C)C(O)([SeH])c1ccc(Cl)cc1. The van der Waals surface area contributed by atoms with Crippen molar-refractivity contribution in [2.75, 3.05) is 0 Å². The van der Waals surface area contributed by atoms with Crippen molar-refractivity contribution in [1.29, 1.82) is 0 Å². The number of halogens is 1. The maximum absolute atomic E-state index is 10.1. The van der Waals surface area contributed by atoms with E-state index < -0.39 is 4.50 Å². The summed E-state index contributed by atoms with van der Waals surface area (Å²) in [6, 6.07) is 7.27. The molecule has 0 aromatic heterocycles. The molecule has 0 aliphatic heterocycles. The molecular weight excluding hydrogens is 251 g/mol. The van der Waals surface area contributed by atoms with Crippen LogP contribution in [0.25, 0.3) is 0 Å². The Kier molecular flexibility index (Phi) is 3.42. The van der Waals surface area contributed by atoms with Gasteiger partial charge >= 0.3 is 91.8 Å². The summed E-state index contributed by atoms with van der Waals surface area (Å²) in [5.41, 5.74) is 0.881. The summed E-state index contributed by atoms with van der Waals surface area (Å²) in [6.07, 6.45) is 0. The van der Waals surface area contributed by atoms with Crippen molar-refractivity contribution in [1.82, 2.24) is 0 Å². The van der Waals surface area contributed by atoms with Gasteiger partial charge in [-0.15, -0.1) is 0 Å². The minimum atomic E-state index is -0.836. The van der Waals surface area contributed by atoms with Crippen LogP contribution < -0.4 is 0 Å². The van der Waals surface area contributed by atoms with E-state index in [9.17, 15) is 5.11 Å². The molecular formula is C10H13ClOSe. The van der Waals surface area contributed by atoms with Crippen LogP contribution in [-0.4, -0.2) is 21.1 Å². The van der Waals surface area contributed by atoms with Gasteiger partial charge in [0.15, 0.2) is 0 Å². The third kappa shape index (κ3) is 2.47. The summed E-state index contributed by atoms with van der Waals surface area (Å²) in [4.78, 5) is 0. The quantitative estimate of drug-likeness (QED) is 0.810. The fourth-order valence-corrected chi connectivity index (χ4v) is 1.47. The standard InChI is InChI=1S/C10H13ClOSe/c1-7(2)10(12,13)8-3-5-9(11)6-4-8/h3-7,12-13H,1-2H3. The molecule has 0 heterocycles. The molecule has 0 amide bonds. The Bertz CT molecular complexity index is 279. The second-order valence-electron chi connectivity index (χ2n) is 3.39. The summed E-state index contributed by atoms with van der Waals surface area (Å²) in [7, 11) is 0. The molecule has 13 heavy (non-hydrogen) atoms. The van der Waals surface area contributed by atoms with Gasteiger partial charge in [-0.1, -0.05) is 0 Å². The van der Waals surface area contributed by atoms with Crippen LogP contribution in [0.1, 0.15) is 19.4 Å². The Balaban J connectivity index is 3.01. The van der Waals surface area contributed by atoms with Crippen molar-refractivity contribution in [2.24, 2.45) is 5.92 Å². The molecule has 0 saturated heterocycles. The van der Waals surface area contributed by atoms with Crippen LogP contribution >= 0.6 is 11.6 Å². The van der Waals surface area contributed by atoms with Gasteiger partial charge in [-0.2, -0.15) is 0 Å². The molecule has 1 aromatic carbocycles. The monoisotopic (exact) mass is 264 g/mol. The van der Waals surface area contributed by atoms with Crippen molar-refractivity contribution in [3.63, 3.8) is 0 Å². The van der Waals surface area contributed by atoms with Crippen molar-refractivity contribution < 1.29 is 5.11 Å². The second-order valence-corrected chi connectivity index (χ2v) is 5.25. The topological polar surface area (TPSA) is 20.2 Å². The molecule has 0 spiro atoms. The Morgan fingerprint density at radius 3 is 2.15 bits per heavy atom. The Labute approximate surface area is 91.9 Å². The summed E-state index contributed by atoms with van der Waals surface area (Å²) >= 11 is 8.07. The van der Waals surface area contributed by atoms with Crippen molar-refractivity contribution in [2.45, 2.75) is 18.3 Å². The van der Waals surface area contributed by atoms with E-state index in [0.717, 1.165) is 5.56 Å². The van der Waals surface area contributed by atoms with E-state index in [0.29, 0.717) is 5.02 Å². The molecule has 3 heteroatoms. The zero-order chi connectivity index (χ0) is 10.1. The normalized spacial score (nSPS) is 15.8. The number of hydrogen-bond donors (Lipinski definition) is 1. The summed E-state index contributed by atoms with van der Waals surface area (Å²) in [5, 5.41) is 10.8. The van der Waals surface area contributed by atoms with Crippen molar-refractivity contribution >= 4 is 27.6 Å². The third-order valence-corrected chi connectivity index (χ3v) is 3.95. The summed E-state index contributed by atoms with van der Waals surface area (Å²) in [6.45, 7) is 3.96. The molecule has 0 fully saturated rings. The number of hydrogen-bond acceptors (Lipinski definition) is 1. The van der Waals surface area contributed by atoms with E-state index in [1.165, 1.54) is 0 Å². The van der Waals surface area contributed by atoms with E-state index >= 15 is 0 Å². The molecule has 72 valence electrons. The molecule has 0 bridgehead atoms. The fourth-order valence-electron chi connectivity index (χ4n) is 1.03. The molecule has 1 nitrogen and oxygen atoms in total. The average Bonchev–Trinajstić information content (AvgIpc) is 2.04. The van der Waals surface area contributed by atoms with Crippen LogP contribution in [0.3, 0.4) is 0 Å². The Morgan fingerprint density at radius 1 is 1.31 bits per heavy atom. The van der Waals surface area contributed by atoms with Crippen LogP contribution in [0.5, 0.6) is 0 Å². The molecule has 1 aromatic rings. The van der Waals surface area contributed by atoms with Gasteiger partial charge in [-0.05, 0) is 0 Å². The minimum absolute atomic E-state index is 0.161. The molecule has 1 unspecified atom stereocenters. The van der Waals surface area contributed by atoms with E-state index in [1.54, 1.807) is 12.1 Å². The van der Waals surface area contributed by atoms with Gasteiger partial charge in [0.2, 0.25) is 0 Å². The van der Waals surface area contributed by atoms with E-state index in [1.807, 2.05) is 26.0 Å². The fraction of sp³-hybridized carbons (Fsp3) is 0.400. The first-order valence-electron chi connectivity index (χ1n) is 4.15. The number of benzene rings is 1. The zero-order valence-electron chi connectivity index (χ0n) is 7.66. The van der Waals surface area contributed by atoms with E-state index in [2.05, 4.69) is 16.0 Å². The van der Waals surface area contributed by atoms with Crippen molar-refractivity contribution in [3.8, 4) is 0 Å². The zero-order valence-corrected chi connectivity index (χ0v) is 10.3. The van der Waals surface area contributed by atoms with Crippen LogP contribution in [-0.2, 0) is 4.50 Å². The average molecular weight is 264 g/mol. The number of rotatable bonds is 2. The predicted molar refractivity (Wildman–Crippen MR) is 57.3 cm³/mol. The Morgan fingerprint density at radius 2 is 1.77 bits per heavy atom. The molecule has 1 N–H and O–H groups in total. The summed E-state index contributed by atoms with van der Waals surface area (Å²) < 4.78 is -0.836. The van der Waals surface area contributed by atoms with Crippen LogP contribution in [0.4, 0.5) is 0 Å². The van der Waals surface area contributed by atoms with Gasteiger partial charge < -0.3 is 0 Å². The Hall–Kier alpha value is -0.0105. The molecule has 0 aliphatic carbocycles. The number of aliphatic hydroxyl groups is 1. The first-order valence-corrected chi connectivity index (χ1v) is 5.47. The van der Waals surface area contributed by atoms with E-state index in [-0.39, 0.29) is 5.92 Å². The molecule has 0 aliphatic rings. The molecule has 1 atom stereocenters. The van der Waals surface area contributed by atoms with Crippen LogP contribution in [0.15, 0.2) is 24.3 Å². The van der Waals surface area contributed by atoms with Crippen LogP contribution in [0, 0.1) is 5.92 Å². The molecule has 1 rings (SSSR count). The first kappa shape index (κ1) is 11.1. The third-order valence-electron chi connectivity index (χ3n) is 2.07. The van der Waals surface area contributed by atoms with E-state index in [4.69, 9.17) is 11.6 Å².